The minimum absolute atomic E-state index is 0.202. The van der Waals surface area contributed by atoms with Crippen LogP contribution in [0.4, 0.5) is 0 Å². The fourth-order valence-corrected chi connectivity index (χ4v) is 2.59. The molecule has 0 amide bonds. The molecule has 2 rings (SSSR count). The molecule has 0 aliphatic rings. The van der Waals surface area contributed by atoms with Crippen LogP contribution in [-0.2, 0) is 16.1 Å². The second-order valence-electron chi connectivity index (χ2n) is 5.47. The maximum absolute atomic E-state index is 12.4. The summed E-state index contributed by atoms with van der Waals surface area (Å²) in [6.07, 6.45) is 0. The molecule has 0 heterocycles. The Balaban J connectivity index is 2.25. The van der Waals surface area contributed by atoms with E-state index < -0.39 is 0 Å². The van der Waals surface area contributed by atoms with Crippen molar-refractivity contribution in [3.05, 3.63) is 71.3 Å². The van der Waals surface area contributed by atoms with Crippen LogP contribution < -0.4 is 0 Å². The van der Waals surface area contributed by atoms with E-state index in [0.29, 0.717) is 13.2 Å². The first-order chi connectivity index (χ1) is 10.6. The second kappa shape index (κ2) is 7.76. The van der Waals surface area contributed by atoms with Crippen LogP contribution in [0.3, 0.4) is 0 Å². The number of hydrogen-bond acceptors (Lipinski definition) is 3. The van der Waals surface area contributed by atoms with E-state index >= 15 is 0 Å². The SMILES string of the molecule is CCOC(=O)C(c1cccc(C)c1)N(C)Cc1ccccc1. The Kier molecular flexibility index (Phi) is 5.73. The molecule has 0 aliphatic carbocycles. The van der Waals surface area contributed by atoms with E-state index in [1.165, 1.54) is 5.56 Å². The van der Waals surface area contributed by atoms with Gasteiger partial charge in [0.05, 0.1) is 6.61 Å². The first kappa shape index (κ1) is 16.2. The van der Waals surface area contributed by atoms with Crippen molar-refractivity contribution in [2.24, 2.45) is 0 Å². The third kappa shape index (κ3) is 4.18. The highest BCUT2D eigenvalue weighted by Crippen LogP contribution is 2.24. The number of esters is 1. The van der Waals surface area contributed by atoms with E-state index in [0.717, 1.165) is 11.1 Å². The van der Waals surface area contributed by atoms with E-state index in [1.54, 1.807) is 0 Å². The van der Waals surface area contributed by atoms with Crippen LogP contribution in [0, 0.1) is 6.92 Å². The minimum atomic E-state index is -0.389. The number of nitrogens with zero attached hydrogens (tertiary/aromatic N) is 1. The molecule has 0 aromatic heterocycles. The molecule has 1 atom stereocenters. The fraction of sp³-hybridized carbons (Fsp3) is 0.316. The summed E-state index contributed by atoms with van der Waals surface area (Å²) >= 11 is 0. The van der Waals surface area contributed by atoms with Crippen molar-refractivity contribution in [3.8, 4) is 0 Å². The van der Waals surface area contributed by atoms with Gasteiger partial charge in [-0.2, -0.15) is 0 Å². The van der Waals surface area contributed by atoms with Crippen LogP contribution in [0.5, 0.6) is 0 Å². The number of hydrogen-bond donors (Lipinski definition) is 0. The molecule has 22 heavy (non-hydrogen) atoms. The van der Waals surface area contributed by atoms with E-state index in [9.17, 15) is 4.79 Å². The summed E-state index contributed by atoms with van der Waals surface area (Å²) in [7, 11) is 1.96. The van der Waals surface area contributed by atoms with Gasteiger partial charge in [-0.05, 0) is 32.0 Å². The summed E-state index contributed by atoms with van der Waals surface area (Å²) in [6.45, 7) is 4.95. The first-order valence-corrected chi connectivity index (χ1v) is 7.59. The maximum Gasteiger partial charge on any atom is 0.328 e. The van der Waals surface area contributed by atoms with Crippen molar-refractivity contribution in [3.63, 3.8) is 0 Å². The molecular weight excluding hydrogens is 274 g/mol. The molecule has 0 saturated carbocycles. The van der Waals surface area contributed by atoms with Gasteiger partial charge in [-0.3, -0.25) is 4.90 Å². The molecule has 2 aromatic rings. The fourth-order valence-electron chi connectivity index (χ4n) is 2.59. The molecule has 0 bridgehead atoms. The Morgan fingerprint density at radius 1 is 1.14 bits per heavy atom. The predicted molar refractivity (Wildman–Crippen MR) is 88.5 cm³/mol. The molecule has 1 unspecified atom stereocenters. The van der Waals surface area contributed by atoms with Crippen molar-refractivity contribution in [2.45, 2.75) is 26.4 Å². The molecule has 2 aromatic carbocycles. The predicted octanol–water partition coefficient (Wildman–Crippen LogP) is 3.73. The quantitative estimate of drug-likeness (QED) is 0.761. The van der Waals surface area contributed by atoms with Gasteiger partial charge in [0.15, 0.2) is 0 Å². The molecule has 0 fully saturated rings. The average Bonchev–Trinajstić information content (AvgIpc) is 2.49. The largest absolute Gasteiger partial charge is 0.465 e. The topological polar surface area (TPSA) is 29.5 Å². The zero-order valence-electron chi connectivity index (χ0n) is 13.5. The van der Waals surface area contributed by atoms with Crippen LogP contribution in [0.2, 0.25) is 0 Å². The van der Waals surface area contributed by atoms with Gasteiger partial charge in [0, 0.05) is 6.54 Å². The molecule has 0 spiro atoms. The summed E-state index contributed by atoms with van der Waals surface area (Å²) < 4.78 is 5.28. The van der Waals surface area contributed by atoms with Gasteiger partial charge < -0.3 is 4.74 Å². The number of benzene rings is 2. The number of rotatable bonds is 6. The lowest BCUT2D eigenvalue weighted by Gasteiger charge is -2.27. The lowest BCUT2D eigenvalue weighted by Crippen LogP contribution is -2.32. The van der Waals surface area contributed by atoms with Crippen molar-refractivity contribution >= 4 is 5.97 Å². The summed E-state index contributed by atoms with van der Waals surface area (Å²) in [5.74, 6) is -0.202. The monoisotopic (exact) mass is 297 g/mol. The smallest absolute Gasteiger partial charge is 0.328 e. The van der Waals surface area contributed by atoms with Crippen molar-refractivity contribution < 1.29 is 9.53 Å². The first-order valence-electron chi connectivity index (χ1n) is 7.59. The molecule has 0 aliphatic heterocycles. The summed E-state index contributed by atoms with van der Waals surface area (Å²) in [6, 6.07) is 17.8. The molecule has 0 radical (unpaired) electrons. The second-order valence-corrected chi connectivity index (χ2v) is 5.47. The van der Waals surface area contributed by atoms with Crippen LogP contribution in [0.15, 0.2) is 54.6 Å². The Hall–Kier alpha value is -2.13. The lowest BCUT2D eigenvalue weighted by atomic mass is 10.0. The third-order valence-corrected chi connectivity index (χ3v) is 3.58. The normalized spacial score (nSPS) is 12.2. The summed E-state index contributed by atoms with van der Waals surface area (Å²) in [5, 5.41) is 0. The van der Waals surface area contributed by atoms with Gasteiger partial charge in [-0.15, -0.1) is 0 Å². The number of carbonyl (C=O) groups excluding carboxylic acids is 1. The Labute approximate surface area is 132 Å². The third-order valence-electron chi connectivity index (χ3n) is 3.58. The summed E-state index contributed by atoms with van der Waals surface area (Å²) in [4.78, 5) is 14.5. The molecule has 0 saturated heterocycles. The Morgan fingerprint density at radius 2 is 1.86 bits per heavy atom. The Bertz CT molecular complexity index is 610. The van der Waals surface area contributed by atoms with Crippen LogP contribution in [-0.4, -0.2) is 24.5 Å². The zero-order chi connectivity index (χ0) is 15.9. The number of likely N-dealkylation sites (N-methyl/N-ethyl adjacent to an activating group) is 1. The molecular formula is C19H23NO2. The van der Waals surface area contributed by atoms with Crippen LogP contribution in [0.1, 0.15) is 29.7 Å². The number of ether oxygens (including phenoxy) is 1. The molecule has 0 N–H and O–H groups in total. The number of aryl methyl sites for hydroxylation is 1. The average molecular weight is 297 g/mol. The van der Waals surface area contributed by atoms with E-state index in [4.69, 9.17) is 4.74 Å². The van der Waals surface area contributed by atoms with Gasteiger partial charge in [0.2, 0.25) is 0 Å². The highest BCUT2D eigenvalue weighted by atomic mass is 16.5. The highest BCUT2D eigenvalue weighted by molar-refractivity contribution is 5.77. The van der Waals surface area contributed by atoms with E-state index in [1.807, 2.05) is 68.3 Å². The summed E-state index contributed by atoms with van der Waals surface area (Å²) in [5.41, 5.74) is 3.28. The minimum Gasteiger partial charge on any atom is -0.465 e. The van der Waals surface area contributed by atoms with Crippen LogP contribution in [0.25, 0.3) is 0 Å². The van der Waals surface area contributed by atoms with Crippen molar-refractivity contribution in [1.29, 1.82) is 0 Å². The van der Waals surface area contributed by atoms with Gasteiger partial charge in [-0.1, -0.05) is 60.2 Å². The molecule has 116 valence electrons. The molecule has 3 nitrogen and oxygen atoms in total. The highest BCUT2D eigenvalue weighted by Gasteiger charge is 2.26. The van der Waals surface area contributed by atoms with Gasteiger partial charge in [0.25, 0.3) is 0 Å². The maximum atomic E-state index is 12.4. The van der Waals surface area contributed by atoms with Gasteiger partial charge >= 0.3 is 5.97 Å². The lowest BCUT2D eigenvalue weighted by molar-refractivity contribution is -0.149. The standard InChI is InChI=1S/C19H23NO2/c1-4-22-19(21)18(17-12-8-9-15(2)13-17)20(3)14-16-10-6-5-7-11-16/h5-13,18H,4,14H2,1-3H3. The van der Waals surface area contributed by atoms with Crippen molar-refractivity contribution in [1.82, 2.24) is 4.90 Å². The number of carbonyl (C=O) groups is 1. The van der Waals surface area contributed by atoms with E-state index in [-0.39, 0.29) is 12.0 Å². The van der Waals surface area contributed by atoms with Gasteiger partial charge in [0.1, 0.15) is 6.04 Å². The Morgan fingerprint density at radius 3 is 2.50 bits per heavy atom. The van der Waals surface area contributed by atoms with Crippen LogP contribution >= 0.6 is 0 Å². The zero-order valence-corrected chi connectivity index (χ0v) is 13.5. The molecule has 3 heteroatoms. The van der Waals surface area contributed by atoms with Gasteiger partial charge in [-0.25, -0.2) is 4.79 Å². The van der Waals surface area contributed by atoms with Crippen molar-refractivity contribution in [2.75, 3.05) is 13.7 Å². The van der Waals surface area contributed by atoms with E-state index in [2.05, 4.69) is 12.1 Å².